The number of pyridine rings is 2. The SMILES string of the molecule is N#Cc1cnc2c(Cl)cc(N[C@H](C3=CNNN3)c3cccc4c3CNC4)cc2c1Nc1cnc(F)c(F)c1. The van der Waals surface area contributed by atoms with Crippen LogP contribution in [0.1, 0.15) is 28.3 Å². The van der Waals surface area contributed by atoms with Gasteiger partial charge in [-0.15, -0.1) is 0 Å². The Kier molecular flexibility index (Phi) is 6.13. The molecule has 0 unspecified atom stereocenters. The Morgan fingerprint density at radius 1 is 1.08 bits per heavy atom. The van der Waals surface area contributed by atoms with Gasteiger partial charge in [0, 0.05) is 42.6 Å². The zero-order chi connectivity index (χ0) is 26.2. The predicted molar refractivity (Wildman–Crippen MR) is 140 cm³/mol. The number of hydrogen-bond donors (Lipinski definition) is 6. The molecule has 2 aromatic heterocycles. The van der Waals surface area contributed by atoms with Gasteiger partial charge < -0.3 is 26.8 Å². The quantitative estimate of drug-likeness (QED) is 0.201. The number of halogens is 3. The van der Waals surface area contributed by atoms with Gasteiger partial charge in [0.25, 0.3) is 0 Å². The summed E-state index contributed by atoms with van der Waals surface area (Å²) < 4.78 is 27.2. The molecule has 0 amide bonds. The number of hydrogen-bond acceptors (Lipinski definition) is 9. The number of nitrogens with zero attached hydrogens (tertiary/aromatic N) is 3. The highest BCUT2D eigenvalue weighted by atomic mass is 35.5. The molecule has 190 valence electrons. The van der Waals surface area contributed by atoms with Crippen molar-refractivity contribution >= 4 is 39.6 Å². The highest BCUT2D eigenvalue weighted by Gasteiger charge is 2.26. The maximum absolute atomic E-state index is 13.8. The maximum atomic E-state index is 13.8. The number of rotatable bonds is 6. The summed E-state index contributed by atoms with van der Waals surface area (Å²) >= 11 is 6.66. The van der Waals surface area contributed by atoms with Crippen LogP contribution in [0.2, 0.25) is 5.02 Å². The molecule has 0 saturated carbocycles. The molecule has 6 N–H and O–H groups in total. The Balaban J connectivity index is 1.45. The minimum Gasteiger partial charge on any atom is -0.373 e. The van der Waals surface area contributed by atoms with Crippen LogP contribution >= 0.6 is 11.6 Å². The Hall–Kier alpha value is -4.50. The highest BCUT2D eigenvalue weighted by molar-refractivity contribution is 6.36. The standard InChI is InChI=1S/C26H20ClF2N9/c27-20-5-15(35-25(22-12-34-38-37-22)17-3-1-2-13-8-31-11-19(13)17)4-18-23(14(7-30)9-32-24(18)20)36-16-6-21(28)26(29)33-10-16/h1-6,9-10,12,25,31,34-35,37-38H,8,11H2,(H,32,36)/t25-/m0/s1. The molecule has 0 saturated heterocycles. The maximum Gasteiger partial charge on any atom is 0.249 e. The Morgan fingerprint density at radius 2 is 1.97 bits per heavy atom. The third-order valence-electron chi connectivity index (χ3n) is 6.48. The summed E-state index contributed by atoms with van der Waals surface area (Å²) in [5.74, 6) is -2.32. The second-order valence-electron chi connectivity index (χ2n) is 8.79. The second kappa shape index (κ2) is 9.75. The fourth-order valence-corrected chi connectivity index (χ4v) is 5.00. The average molecular weight is 532 g/mol. The number of benzene rings is 2. The van der Waals surface area contributed by atoms with E-state index in [1.165, 1.54) is 17.3 Å². The van der Waals surface area contributed by atoms with Crippen molar-refractivity contribution in [3.8, 4) is 6.07 Å². The van der Waals surface area contributed by atoms with Crippen LogP contribution in [0.5, 0.6) is 0 Å². The van der Waals surface area contributed by atoms with Gasteiger partial charge in [-0.1, -0.05) is 29.8 Å². The number of fused-ring (bicyclic) bond motifs is 2. The Morgan fingerprint density at radius 3 is 2.76 bits per heavy atom. The molecule has 6 rings (SSSR count). The van der Waals surface area contributed by atoms with Gasteiger partial charge in [0.15, 0.2) is 5.82 Å². The number of hydrazine groups is 2. The summed E-state index contributed by atoms with van der Waals surface area (Å²) in [6.07, 6.45) is 4.36. The first-order chi connectivity index (χ1) is 18.5. The smallest absolute Gasteiger partial charge is 0.249 e. The van der Waals surface area contributed by atoms with E-state index in [1.54, 1.807) is 6.07 Å². The van der Waals surface area contributed by atoms with Gasteiger partial charge in [0.2, 0.25) is 5.95 Å². The number of nitriles is 1. The van der Waals surface area contributed by atoms with Gasteiger partial charge in [-0.3, -0.25) is 4.98 Å². The summed E-state index contributed by atoms with van der Waals surface area (Å²) in [6, 6.07) is 12.6. The van der Waals surface area contributed by atoms with Crippen molar-refractivity contribution in [1.82, 2.24) is 31.7 Å². The first kappa shape index (κ1) is 23.9. The molecule has 0 bridgehead atoms. The zero-order valence-electron chi connectivity index (χ0n) is 19.7. The zero-order valence-corrected chi connectivity index (χ0v) is 20.4. The van der Waals surface area contributed by atoms with Crippen molar-refractivity contribution in [1.29, 1.82) is 5.26 Å². The van der Waals surface area contributed by atoms with E-state index < -0.39 is 11.8 Å². The summed E-state index contributed by atoms with van der Waals surface area (Å²) in [4.78, 5) is 7.78. The van der Waals surface area contributed by atoms with Gasteiger partial charge in [-0.05, 0) is 28.8 Å². The van der Waals surface area contributed by atoms with E-state index in [0.717, 1.165) is 36.6 Å². The topological polar surface area (TPSA) is 122 Å². The molecule has 0 radical (unpaired) electrons. The lowest BCUT2D eigenvalue weighted by atomic mass is 9.95. The first-order valence-electron chi connectivity index (χ1n) is 11.7. The van der Waals surface area contributed by atoms with Crippen LogP contribution in [-0.4, -0.2) is 9.97 Å². The molecule has 0 spiro atoms. The van der Waals surface area contributed by atoms with Crippen molar-refractivity contribution in [3.05, 3.63) is 99.7 Å². The average Bonchev–Trinajstić information content (AvgIpc) is 3.62. The van der Waals surface area contributed by atoms with Crippen molar-refractivity contribution in [2.24, 2.45) is 0 Å². The lowest BCUT2D eigenvalue weighted by Crippen LogP contribution is -2.34. The van der Waals surface area contributed by atoms with Gasteiger partial charge in [-0.25, -0.2) is 9.37 Å². The Bertz CT molecular complexity index is 1650. The molecule has 12 heteroatoms. The molecule has 2 aliphatic heterocycles. The third-order valence-corrected chi connectivity index (χ3v) is 6.77. The number of nitrogens with one attached hydrogen (secondary N) is 6. The molecular formula is C26H20ClF2N9. The van der Waals surface area contributed by atoms with E-state index in [-0.39, 0.29) is 17.3 Å². The fraction of sp³-hybridized carbons (Fsp3) is 0.115. The molecule has 9 nitrogen and oxygen atoms in total. The van der Waals surface area contributed by atoms with Gasteiger partial charge in [-0.2, -0.15) is 15.2 Å². The lowest BCUT2D eigenvalue weighted by Gasteiger charge is -2.24. The molecule has 0 aliphatic carbocycles. The fourth-order valence-electron chi connectivity index (χ4n) is 4.73. The van der Waals surface area contributed by atoms with E-state index in [2.05, 4.69) is 60.5 Å². The van der Waals surface area contributed by atoms with E-state index in [9.17, 15) is 14.0 Å². The van der Waals surface area contributed by atoms with Crippen molar-refractivity contribution in [2.45, 2.75) is 19.1 Å². The largest absolute Gasteiger partial charge is 0.373 e. The van der Waals surface area contributed by atoms with Crippen LogP contribution in [0.15, 0.2) is 60.7 Å². The monoisotopic (exact) mass is 531 g/mol. The van der Waals surface area contributed by atoms with Crippen LogP contribution in [0, 0.1) is 23.1 Å². The normalized spacial score (nSPS) is 14.7. The molecule has 4 aromatic rings. The molecule has 0 fully saturated rings. The lowest BCUT2D eigenvalue weighted by molar-refractivity contribution is 0.480. The summed E-state index contributed by atoms with van der Waals surface area (Å²) in [5.41, 5.74) is 15.2. The van der Waals surface area contributed by atoms with Gasteiger partial charge in [0.05, 0.1) is 45.4 Å². The van der Waals surface area contributed by atoms with E-state index in [4.69, 9.17) is 11.6 Å². The third kappa shape index (κ3) is 4.31. The van der Waals surface area contributed by atoms with Crippen molar-refractivity contribution < 1.29 is 8.78 Å². The van der Waals surface area contributed by atoms with Crippen molar-refractivity contribution in [2.75, 3.05) is 10.6 Å². The van der Waals surface area contributed by atoms with Gasteiger partial charge in [0.1, 0.15) is 6.07 Å². The van der Waals surface area contributed by atoms with Crippen LogP contribution in [0.4, 0.5) is 25.8 Å². The minimum absolute atomic E-state index is 0.171. The van der Waals surface area contributed by atoms with Crippen molar-refractivity contribution in [3.63, 3.8) is 0 Å². The Labute approximate surface area is 220 Å². The summed E-state index contributed by atoms with van der Waals surface area (Å²) in [6.45, 7) is 1.55. The minimum atomic E-state index is -1.21. The molecule has 38 heavy (non-hydrogen) atoms. The molecule has 2 aromatic carbocycles. The summed E-state index contributed by atoms with van der Waals surface area (Å²) in [7, 11) is 0. The van der Waals surface area contributed by atoms with E-state index in [1.807, 2.05) is 18.3 Å². The van der Waals surface area contributed by atoms with Crippen LogP contribution in [-0.2, 0) is 13.1 Å². The van der Waals surface area contributed by atoms with Gasteiger partial charge >= 0.3 is 0 Å². The molecule has 2 aliphatic rings. The van der Waals surface area contributed by atoms with Crippen LogP contribution in [0.3, 0.4) is 0 Å². The van der Waals surface area contributed by atoms with E-state index >= 15 is 0 Å². The molecular weight excluding hydrogens is 512 g/mol. The predicted octanol–water partition coefficient (Wildman–Crippen LogP) is 4.39. The second-order valence-corrected chi connectivity index (χ2v) is 9.20. The number of aromatic nitrogens is 2. The number of anilines is 3. The highest BCUT2D eigenvalue weighted by Crippen LogP contribution is 2.37. The molecule has 4 heterocycles. The van der Waals surface area contributed by atoms with E-state index in [0.29, 0.717) is 27.3 Å². The van der Waals surface area contributed by atoms with Crippen LogP contribution in [0.25, 0.3) is 10.9 Å². The molecule has 1 atom stereocenters. The first-order valence-corrected chi connectivity index (χ1v) is 12.0. The van der Waals surface area contributed by atoms with Crippen LogP contribution < -0.4 is 32.3 Å². The summed E-state index contributed by atoms with van der Waals surface area (Å²) in [5, 5.41) is 20.6.